The first-order valence-electron chi connectivity index (χ1n) is 11.9. The molecule has 5 rings (SSSR count). The number of nitrogens with zero attached hydrogens (tertiary/aromatic N) is 2. The molecule has 1 aromatic heterocycles. The van der Waals surface area contributed by atoms with E-state index in [1.54, 1.807) is 17.0 Å². The molecule has 2 aliphatic heterocycles. The highest BCUT2D eigenvalue weighted by Crippen LogP contribution is 2.40. The van der Waals surface area contributed by atoms with E-state index >= 15 is 0 Å². The zero-order chi connectivity index (χ0) is 25.3. The lowest BCUT2D eigenvalue weighted by molar-refractivity contribution is -0.137. The summed E-state index contributed by atoms with van der Waals surface area (Å²) in [6.07, 6.45) is -2.22. The summed E-state index contributed by atoms with van der Waals surface area (Å²) in [7, 11) is 0. The minimum Gasteiger partial charge on any atom is -0.459 e. The zero-order valence-corrected chi connectivity index (χ0v) is 19.5. The van der Waals surface area contributed by atoms with E-state index in [0.717, 1.165) is 17.7 Å². The van der Waals surface area contributed by atoms with Gasteiger partial charge in [0, 0.05) is 31.9 Å². The van der Waals surface area contributed by atoms with Gasteiger partial charge in [-0.1, -0.05) is 30.3 Å². The lowest BCUT2D eigenvalue weighted by Crippen LogP contribution is -2.62. The Labute approximate surface area is 206 Å². The highest BCUT2D eigenvalue weighted by Gasteiger charge is 2.43. The van der Waals surface area contributed by atoms with Gasteiger partial charge in [0.2, 0.25) is 5.91 Å². The van der Waals surface area contributed by atoms with E-state index in [9.17, 15) is 22.8 Å². The summed E-state index contributed by atoms with van der Waals surface area (Å²) in [6.45, 7) is 1.47. The first-order chi connectivity index (χ1) is 17.3. The molecular weight excluding hydrogens is 471 g/mol. The van der Waals surface area contributed by atoms with Crippen molar-refractivity contribution in [1.82, 2.24) is 10.2 Å². The molecule has 2 atom stereocenters. The van der Waals surface area contributed by atoms with Crippen LogP contribution in [0.3, 0.4) is 0 Å². The molecule has 0 saturated carbocycles. The maximum atomic E-state index is 13.4. The Bertz CT molecular complexity index is 1230. The molecule has 0 unspecified atom stereocenters. The molecule has 2 aromatic carbocycles. The van der Waals surface area contributed by atoms with Gasteiger partial charge in [0.1, 0.15) is 0 Å². The molecule has 1 fully saturated rings. The third kappa shape index (κ3) is 4.82. The van der Waals surface area contributed by atoms with E-state index in [2.05, 4.69) is 5.32 Å². The molecule has 9 heteroatoms. The second kappa shape index (κ2) is 9.72. The van der Waals surface area contributed by atoms with Crippen LogP contribution >= 0.6 is 0 Å². The van der Waals surface area contributed by atoms with E-state index in [1.165, 1.54) is 12.3 Å². The van der Waals surface area contributed by atoms with Gasteiger partial charge < -0.3 is 19.5 Å². The first-order valence-corrected chi connectivity index (χ1v) is 11.9. The number of rotatable bonds is 5. The van der Waals surface area contributed by atoms with Crippen molar-refractivity contribution in [2.45, 2.75) is 25.1 Å². The van der Waals surface area contributed by atoms with Crippen LogP contribution in [-0.2, 0) is 23.8 Å². The van der Waals surface area contributed by atoms with E-state index in [0.29, 0.717) is 37.3 Å². The predicted molar refractivity (Wildman–Crippen MR) is 128 cm³/mol. The summed E-state index contributed by atoms with van der Waals surface area (Å²) < 4.78 is 45.5. The number of furan rings is 1. The summed E-state index contributed by atoms with van der Waals surface area (Å²) in [5.74, 6) is -0.875. The van der Waals surface area contributed by atoms with Crippen LogP contribution in [0, 0.1) is 5.92 Å². The Kier molecular flexibility index (Phi) is 6.47. The number of piperazine rings is 1. The third-order valence-electron chi connectivity index (χ3n) is 6.95. The van der Waals surface area contributed by atoms with Crippen LogP contribution in [0.5, 0.6) is 0 Å². The van der Waals surface area contributed by atoms with Gasteiger partial charge in [-0.05, 0) is 54.3 Å². The van der Waals surface area contributed by atoms with Crippen LogP contribution in [0.1, 0.15) is 27.2 Å². The maximum absolute atomic E-state index is 13.4. The molecule has 2 aliphatic rings. The number of hydrogen-bond donors (Lipinski definition) is 1. The Balaban J connectivity index is 1.39. The number of hydrogen-bond acceptors (Lipinski definition) is 4. The minimum absolute atomic E-state index is 0.167. The largest absolute Gasteiger partial charge is 0.459 e. The molecule has 0 aliphatic carbocycles. The molecule has 3 aromatic rings. The topological polar surface area (TPSA) is 65.8 Å². The molecule has 0 spiro atoms. The number of halogens is 3. The summed E-state index contributed by atoms with van der Waals surface area (Å²) in [5, 5.41) is 2.97. The van der Waals surface area contributed by atoms with Gasteiger partial charge in [-0.15, -0.1) is 0 Å². The Morgan fingerprint density at radius 1 is 1.03 bits per heavy atom. The molecule has 6 nitrogen and oxygen atoms in total. The van der Waals surface area contributed by atoms with Crippen LogP contribution in [0.2, 0.25) is 0 Å². The lowest BCUT2D eigenvalue weighted by Gasteiger charge is -2.49. The van der Waals surface area contributed by atoms with Crippen molar-refractivity contribution in [1.29, 1.82) is 0 Å². The fraction of sp³-hybridized carbons (Fsp3) is 0.333. The Morgan fingerprint density at radius 2 is 1.83 bits per heavy atom. The quantitative estimate of drug-likeness (QED) is 0.575. The van der Waals surface area contributed by atoms with Gasteiger partial charge in [0.15, 0.2) is 5.76 Å². The van der Waals surface area contributed by atoms with Crippen LogP contribution in [0.4, 0.5) is 18.9 Å². The molecule has 3 heterocycles. The summed E-state index contributed by atoms with van der Waals surface area (Å²) in [5.41, 5.74) is 1.53. The maximum Gasteiger partial charge on any atom is 0.416 e. The molecule has 188 valence electrons. The van der Waals surface area contributed by atoms with Crippen molar-refractivity contribution < 1.29 is 27.2 Å². The molecule has 2 amide bonds. The smallest absolute Gasteiger partial charge is 0.416 e. The number of alkyl halides is 3. The van der Waals surface area contributed by atoms with Crippen LogP contribution in [0.25, 0.3) is 0 Å². The van der Waals surface area contributed by atoms with E-state index < -0.39 is 17.7 Å². The third-order valence-corrected chi connectivity index (χ3v) is 6.95. The standard InChI is InChI=1S/C27H26F3N3O3/c28-27(29,30)20-8-9-22-19(15-20)16-21(25(34)31-11-10-18-5-2-1-3-6-18)23-17-32(12-13-33(22)23)26(35)24-7-4-14-36-24/h1-9,14-15,21,23H,10-13,16-17H2,(H,31,34)/t21-,23-/m1/s1. The van der Waals surface area contributed by atoms with Gasteiger partial charge in [0.25, 0.3) is 5.91 Å². The zero-order valence-electron chi connectivity index (χ0n) is 19.5. The molecule has 0 radical (unpaired) electrons. The number of carbonyl (C=O) groups excluding carboxylic acids is 2. The molecule has 1 saturated heterocycles. The lowest BCUT2D eigenvalue weighted by atomic mass is 9.82. The van der Waals surface area contributed by atoms with Crippen LogP contribution in [-0.4, -0.2) is 48.9 Å². The van der Waals surface area contributed by atoms with Crippen LogP contribution in [0.15, 0.2) is 71.3 Å². The first kappa shape index (κ1) is 24.0. The monoisotopic (exact) mass is 497 g/mol. The van der Waals surface area contributed by atoms with Crippen molar-refractivity contribution in [3.8, 4) is 0 Å². The number of benzene rings is 2. The fourth-order valence-electron chi connectivity index (χ4n) is 5.15. The Morgan fingerprint density at radius 3 is 2.56 bits per heavy atom. The Hall–Kier alpha value is -3.75. The highest BCUT2D eigenvalue weighted by molar-refractivity contribution is 5.92. The molecular formula is C27H26F3N3O3. The predicted octanol–water partition coefficient (Wildman–Crippen LogP) is 4.16. The molecule has 1 N–H and O–H groups in total. The SMILES string of the molecule is O=C(NCCc1ccccc1)[C@@H]1Cc2cc(C(F)(F)F)ccc2N2CCN(C(=O)c3ccco3)C[C@H]12. The summed E-state index contributed by atoms with van der Waals surface area (Å²) >= 11 is 0. The van der Waals surface area contributed by atoms with E-state index in [1.807, 2.05) is 35.2 Å². The van der Waals surface area contributed by atoms with Crippen molar-refractivity contribution >= 4 is 17.5 Å². The molecule has 0 bridgehead atoms. The number of amides is 2. The van der Waals surface area contributed by atoms with Crippen LogP contribution < -0.4 is 10.2 Å². The van der Waals surface area contributed by atoms with E-state index in [-0.39, 0.29) is 36.6 Å². The summed E-state index contributed by atoms with van der Waals surface area (Å²) in [6, 6.07) is 16.3. The minimum atomic E-state index is -4.46. The number of nitrogens with one attached hydrogen (secondary N) is 1. The van der Waals surface area contributed by atoms with E-state index in [4.69, 9.17) is 4.42 Å². The van der Waals surface area contributed by atoms with Crippen molar-refractivity contribution in [2.24, 2.45) is 5.92 Å². The fourth-order valence-corrected chi connectivity index (χ4v) is 5.15. The average molecular weight is 498 g/mol. The average Bonchev–Trinajstić information content (AvgIpc) is 3.42. The number of carbonyl (C=O) groups is 2. The molecule has 36 heavy (non-hydrogen) atoms. The van der Waals surface area contributed by atoms with Crippen molar-refractivity contribution in [3.63, 3.8) is 0 Å². The summed E-state index contributed by atoms with van der Waals surface area (Å²) in [4.78, 5) is 29.9. The highest BCUT2D eigenvalue weighted by atomic mass is 19.4. The number of anilines is 1. The number of fused-ring (bicyclic) bond motifs is 3. The van der Waals surface area contributed by atoms with Gasteiger partial charge in [0.05, 0.1) is 23.8 Å². The van der Waals surface area contributed by atoms with Gasteiger partial charge in [-0.25, -0.2) is 0 Å². The van der Waals surface area contributed by atoms with Crippen molar-refractivity contribution in [3.05, 3.63) is 89.4 Å². The van der Waals surface area contributed by atoms with Gasteiger partial charge in [-0.3, -0.25) is 9.59 Å². The van der Waals surface area contributed by atoms with Gasteiger partial charge in [-0.2, -0.15) is 13.2 Å². The van der Waals surface area contributed by atoms with Crippen molar-refractivity contribution in [2.75, 3.05) is 31.1 Å². The second-order valence-corrected chi connectivity index (χ2v) is 9.17. The second-order valence-electron chi connectivity index (χ2n) is 9.17. The van der Waals surface area contributed by atoms with Gasteiger partial charge >= 0.3 is 6.18 Å². The normalized spacial score (nSPS) is 19.4.